The van der Waals surface area contributed by atoms with Gasteiger partial charge in [-0.25, -0.2) is 4.79 Å². The molecule has 0 saturated heterocycles. The predicted octanol–water partition coefficient (Wildman–Crippen LogP) is 3.10. The summed E-state index contributed by atoms with van der Waals surface area (Å²) in [5.74, 6) is -1.35. The molecule has 0 saturated carbocycles. The molecule has 0 aromatic heterocycles. The van der Waals surface area contributed by atoms with E-state index in [9.17, 15) is 9.59 Å². The summed E-state index contributed by atoms with van der Waals surface area (Å²) in [7, 11) is 3.92. The van der Waals surface area contributed by atoms with Crippen LogP contribution in [0.3, 0.4) is 0 Å². The van der Waals surface area contributed by atoms with Gasteiger partial charge in [-0.05, 0) is 42.0 Å². The number of carboxylic acid groups (broad SMARTS) is 1. The summed E-state index contributed by atoms with van der Waals surface area (Å²) in [5, 5.41) is 11.6. The van der Waals surface area contributed by atoms with Crippen LogP contribution in [0.1, 0.15) is 15.9 Å². The van der Waals surface area contributed by atoms with E-state index >= 15 is 0 Å². The first-order valence-electron chi connectivity index (χ1n) is 7.05. The summed E-state index contributed by atoms with van der Waals surface area (Å²) in [6.45, 7) is 0. The van der Waals surface area contributed by atoms with E-state index in [0.717, 1.165) is 11.3 Å². The molecule has 0 aliphatic rings. The fourth-order valence-corrected chi connectivity index (χ4v) is 1.97. The van der Waals surface area contributed by atoms with Crippen molar-refractivity contribution < 1.29 is 14.7 Å². The summed E-state index contributed by atoms with van der Waals surface area (Å²) in [6.07, 6.45) is 3.12. The van der Waals surface area contributed by atoms with Gasteiger partial charge in [-0.1, -0.05) is 18.2 Å². The van der Waals surface area contributed by atoms with E-state index in [4.69, 9.17) is 5.11 Å². The van der Waals surface area contributed by atoms with Crippen molar-refractivity contribution in [1.82, 2.24) is 0 Å². The Morgan fingerprint density at radius 1 is 1.09 bits per heavy atom. The largest absolute Gasteiger partial charge is 0.478 e. The van der Waals surface area contributed by atoms with E-state index in [-0.39, 0.29) is 11.5 Å². The molecule has 5 nitrogen and oxygen atoms in total. The number of aromatic carboxylic acids is 1. The summed E-state index contributed by atoms with van der Waals surface area (Å²) < 4.78 is 0. The summed E-state index contributed by atoms with van der Waals surface area (Å²) in [5.41, 5.74) is 2.57. The predicted molar refractivity (Wildman–Crippen MR) is 91.8 cm³/mol. The standard InChI is InChI=1S/C18H18N2O3/c1-20(2)16-9-6-13(7-10-16)8-11-17(21)19-15-5-3-4-14(12-15)18(22)23/h3-12H,1-2H3,(H,19,21)(H,22,23)/b11-8+. The maximum absolute atomic E-state index is 11.9. The van der Waals surface area contributed by atoms with E-state index in [1.54, 1.807) is 18.2 Å². The SMILES string of the molecule is CN(C)c1ccc(/C=C/C(=O)Nc2cccc(C(=O)O)c2)cc1. The summed E-state index contributed by atoms with van der Waals surface area (Å²) in [6, 6.07) is 13.9. The number of amides is 1. The first kappa shape index (κ1) is 16.3. The van der Waals surface area contributed by atoms with Crippen molar-refractivity contribution in [3.63, 3.8) is 0 Å². The van der Waals surface area contributed by atoms with Gasteiger partial charge in [-0.2, -0.15) is 0 Å². The molecular formula is C18H18N2O3. The Morgan fingerprint density at radius 2 is 1.78 bits per heavy atom. The fraction of sp³-hybridized carbons (Fsp3) is 0.111. The number of hydrogen-bond donors (Lipinski definition) is 2. The molecule has 0 unspecified atom stereocenters. The number of carbonyl (C=O) groups excluding carboxylic acids is 1. The van der Waals surface area contributed by atoms with Gasteiger partial charge in [-0.15, -0.1) is 0 Å². The molecule has 0 spiro atoms. The monoisotopic (exact) mass is 310 g/mol. The van der Waals surface area contributed by atoms with Crippen LogP contribution in [0.5, 0.6) is 0 Å². The summed E-state index contributed by atoms with van der Waals surface area (Å²) in [4.78, 5) is 24.8. The van der Waals surface area contributed by atoms with Gasteiger partial charge >= 0.3 is 5.97 Å². The molecule has 2 N–H and O–H groups in total. The zero-order valence-electron chi connectivity index (χ0n) is 13.0. The minimum atomic E-state index is -1.03. The lowest BCUT2D eigenvalue weighted by Crippen LogP contribution is -2.09. The molecular weight excluding hydrogens is 292 g/mol. The van der Waals surface area contributed by atoms with E-state index < -0.39 is 5.97 Å². The van der Waals surface area contributed by atoms with Crippen molar-refractivity contribution >= 4 is 29.3 Å². The van der Waals surface area contributed by atoms with Crippen molar-refractivity contribution in [1.29, 1.82) is 0 Å². The highest BCUT2D eigenvalue weighted by molar-refractivity contribution is 6.02. The topological polar surface area (TPSA) is 69.6 Å². The molecule has 0 aliphatic heterocycles. The van der Waals surface area contributed by atoms with Crippen LogP contribution in [0.2, 0.25) is 0 Å². The van der Waals surface area contributed by atoms with Crippen LogP contribution in [0.4, 0.5) is 11.4 Å². The Kier molecular flexibility index (Phi) is 5.15. The van der Waals surface area contributed by atoms with Gasteiger partial charge in [0, 0.05) is 31.5 Å². The number of anilines is 2. The fourth-order valence-electron chi connectivity index (χ4n) is 1.97. The number of carboxylic acids is 1. The maximum Gasteiger partial charge on any atom is 0.335 e. The third-order valence-electron chi connectivity index (χ3n) is 3.21. The smallest absolute Gasteiger partial charge is 0.335 e. The minimum absolute atomic E-state index is 0.131. The Bertz CT molecular complexity index is 734. The first-order chi connectivity index (χ1) is 11.0. The van der Waals surface area contributed by atoms with Gasteiger partial charge in [0.15, 0.2) is 0 Å². The number of rotatable bonds is 5. The number of benzene rings is 2. The Labute approximate surface area is 134 Å². The highest BCUT2D eigenvalue weighted by Crippen LogP contribution is 2.14. The van der Waals surface area contributed by atoms with Crippen LogP contribution < -0.4 is 10.2 Å². The molecule has 0 heterocycles. The maximum atomic E-state index is 11.9. The first-order valence-corrected chi connectivity index (χ1v) is 7.05. The third kappa shape index (κ3) is 4.71. The van der Waals surface area contributed by atoms with Crippen LogP contribution in [0.25, 0.3) is 6.08 Å². The van der Waals surface area contributed by atoms with Crippen LogP contribution in [0.15, 0.2) is 54.6 Å². The van der Waals surface area contributed by atoms with Crippen molar-refractivity contribution in [3.05, 3.63) is 65.7 Å². The Hall–Kier alpha value is -3.08. The molecule has 0 fully saturated rings. The van der Waals surface area contributed by atoms with Gasteiger partial charge in [0.05, 0.1) is 5.56 Å². The lowest BCUT2D eigenvalue weighted by molar-refractivity contribution is -0.111. The molecule has 118 valence electrons. The van der Waals surface area contributed by atoms with Crippen molar-refractivity contribution in [3.8, 4) is 0 Å². The highest BCUT2D eigenvalue weighted by Gasteiger charge is 2.04. The van der Waals surface area contributed by atoms with Gasteiger partial charge in [0.25, 0.3) is 0 Å². The van der Waals surface area contributed by atoms with Crippen LogP contribution >= 0.6 is 0 Å². The molecule has 2 rings (SSSR count). The van der Waals surface area contributed by atoms with E-state index in [1.165, 1.54) is 18.2 Å². The molecule has 0 aliphatic carbocycles. The zero-order chi connectivity index (χ0) is 16.8. The van der Waals surface area contributed by atoms with Crippen molar-refractivity contribution in [2.45, 2.75) is 0 Å². The van der Waals surface area contributed by atoms with Gasteiger partial charge in [0.2, 0.25) is 5.91 Å². The second-order valence-electron chi connectivity index (χ2n) is 5.19. The van der Waals surface area contributed by atoms with Crippen molar-refractivity contribution in [2.75, 3.05) is 24.3 Å². The molecule has 23 heavy (non-hydrogen) atoms. The average molecular weight is 310 g/mol. The number of nitrogens with zero attached hydrogens (tertiary/aromatic N) is 1. The van der Waals surface area contributed by atoms with Gasteiger partial charge < -0.3 is 15.3 Å². The second-order valence-corrected chi connectivity index (χ2v) is 5.19. The zero-order valence-corrected chi connectivity index (χ0v) is 13.0. The molecule has 0 atom stereocenters. The van der Waals surface area contributed by atoms with Crippen LogP contribution in [0, 0.1) is 0 Å². The number of carbonyl (C=O) groups is 2. The lowest BCUT2D eigenvalue weighted by Gasteiger charge is -2.11. The second kappa shape index (κ2) is 7.26. The molecule has 0 radical (unpaired) electrons. The summed E-state index contributed by atoms with van der Waals surface area (Å²) >= 11 is 0. The lowest BCUT2D eigenvalue weighted by atomic mass is 10.2. The van der Waals surface area contributed by atoms with Gasteiger partial charge in [0.1, 0.15) is 0 Å². The normalized spacial score (nSPS) is 10.5. The average Bonchev–Trinajstić information content (AvgIpc) is 2.53. The van der Waals surface area contributed by atoms with Gasteiger partial charge in [-0.3, -0.25) is 4.79 Å². The Morgan fingerprint density at radius 3 is 2.39 bits per heavy atom. The van der Waals surface area contributed by atoms with E-state index in [1.807, 2.05) is 43.3 Å². The molecule has 0 bridgehead atoms. The molecule has 2 aromatic carbocycles. The third-order valence-corrected chi connectivity index (χ3v) is 3.21. The molecule has 2 aromatic rings. The van der Waals surface area contributed by atoms with E-state index in [2.05, 4.69) is 5.32 Å². The quantitative estimate of drug-likeness (QED) is 0.833. The minimum Gasteiger partial charge on any atom is -0.478 e. The van der Waals surface area contributed by atoms with E-state index in [0.29, 0.717) is 5.69 Å². The van der Waals surface area contributed by atoms with Crippen LogP contribution in [-0.2, 0) is 4.79 Å². The molecule has 5 heteroatoms. The number of hydrogen-bond acceptors (Lipinski definition) is 3. The highest BCUT2D eigenvalue weighted by atomic mass is 16.4. The van der Waals surface area contributed by atoms with Crippen LogP contribution in [-0.4, -0.2) is 31.1 Å². The van der Waals surface area contributed by atoms with Crippen molar-refractivity contribution in [2.24, 2.45) is 0 Å². The Balaban J connectivity index is 2.01. The molecule has 1 amide bonds. The number of nitrogens with one attached hydrogen (secondary N) is 1.